The average Bonchev–Trinajstić information content (AvgIpc) is 2.88. The fourth-order valence-corrected chi connectivity index (χ4v) is 2.58. The number of hydrogen-bond donors (Lipinski definition) is 0. The third kappa shape index (κ3) is 5.24. The highest BCUT2D eigenvalue weighted by molar-refractivity contribution is 5.98. The predicted octanol–water partition coefficient (Wildman–Crippen LogP) is 2.85. The first kappa shape index (κ1) is 17.7. The van der Waals surface area contributed by atoms with Crippen LogP contribution in [0.5, 0.6) is 0 Å². The second kappa shape index (κ2) is 8.88. The van der Waals surface area contributed by atoms with Crippen LogP contribution in [0.2, 0.25) is 0 Å². The Kier molecular flexibility index (Phi) is 6.56. The third-order valence-corrected chi connectivity index (χ3v) is 4.01. The van der Waals surface area contributed by atoms with E-state index >= 15 is 0 Å². The van der Waals surface area contributed by atoms with E-state index in [0.29, 0.717) is 13.1 Å². The van der Waals surface area contributed by atoms with Gasteiger partial charge in [-0.25, -0.2) is 4.79 Å². The minimum atomic E-state index is -0.763. The maximum atomic E-state index is 12.1. The van der Waals surface area contributed by atoms with Gasteiger partial charge in [0.05, 0.1) is 0 Å². The van der Waals surface area contributed by atoms with Gasteiger partial charge in [0.2, 0.25) is 0 Å². The van der Waals surface area contributed by atoms with Crippen LogP contribution in [0.4, 0.5) is 0 Å². The van der Waals surface area contributed by atoms with Crippen molar-refractivity contribution in [1.82, 2.24) is 4.90 Å². The first-order chi connectivity index (χ1) is 11.6. The number of likely N-dealkylation sites (tertiary alicyclic amines) is 1. The summed E-state index contributed by atoms with van der Waals surface area (Å²) in [6.45, 7) is 3.06. The second-order valence-corrected chi connectivity index (χ2v) is 5.95. The molecule has 1 heterocycles. The molecule has 0 atom stereocenters. The van der Waals surface area contributed by atoms with Crippen LogP contribution in [0.15, 0.2) is 29.8 Å². The highest BCUT2D eigenvalue weighted by Crippen LogP contribution is 2.11. The molecule has 0 N–H and O–H groups in total. The van der Waals surface area contributed by atoms with Gasteiger partial charge >= 0.3 is 5.97 Å². The van der Waals surface area contributed by atoms with Crippen molar-refractivity contribution in [3.05, 3.63) is 41.0 Å². The number of benzene rings is 1. The number of amides is 1. The van der Waals surface area contributed by atoms with E-state index in [-0.39, 0.29) is 18.1 Å². The third-order valence-electron chi connectivity index (χ3n) is 4.01. The summed E-state index contributed by atoms with van der Waals surface area (Å²) in [5.74, 6) is -0.959. The van der Waals surface area contributed by atoms with Gasteiger partial charge in [0.25, 0.3) is 5.91 Å². The summed E-state index contributed by atoms with van der Waals surface area (Å²) in [7, 11) is 0. The molecule has 0 aliphatic carbocycles. The van der Waals surface area contributed by atoms with Gasteiger partial charge < -0.3 is 9.64 Å². The van der Waals surface area contributed by atoms with Crippen molar-refractivity contribution < 1.29 is 14.3 Å². The Hall–Kier alpha value is -2.61. The van der Waals surface area contributed by atoms with E-state index in [2.05, 4.69) is 0 Å². The summed E-state index contributed by atoms with van der Waals surface area (Å²) < 4.78 is 5.03. The Morgan fingerprint density at radius 3 is 2.38 bits per heavy atom. The van der Waals surface area contributed by atoms with Crippen LogP contribution >= 0.6 is 0 Å². The van der Waals surface area contributed by atoms with Crippen LogP contribution in [-0.4, -0.2) is 36.5 Å². The Morgan fingerprint density at radius 1 is 1.17 bits per heavy atom. The van der Waals surface area contributed by atoms with Crippen LogP contribution in [-0.2, 0) is 14.3 Å². The molecule has 1 aliphatic heterocycles. The van der Waals surface area contributed by atoms with Gasteiger partial charge in [0.1, 0.15) is 11.6 Å². The quantitative estimate of drug-likeness (QED) is 0.484. The lowest BCUT2D eigenvalue weighted by Gasteiger charge is -2.19. The minimum Gasteiger partial charge on any atom is -0.451 e. The fourth-order valence-electron chi connectivity index (χ4n) is 2.58. The molecule has 1 amide bonds. The molecule has 0 aromatic heterocycles. The maximum absolute atomic E-state index is 12.1. The molecule has 24 heavy (non-hydrogen) atoms. The molecule has 1 saturated heterocycles. The number of ether oxygens (including phenoxy) is 1. The van der Waals surface area contributed by atoms with Crippen LogP contribution in [0.3, 0.4) is 0 Å². The molecule has 0 radical (unpaired) electrons. The van der Waals surface area contributed by atoms with Crippen molar-refractivity contribution >= 4 is 18.0 Å². The van der Waals surface area contributed by atoms with Crippen LogP contribution in [0.25, 0.3) is 6.08 Å². The van der Waals surface area contributed by atoms with Crippen LogP contribution < -0.4 is 0 Å². The van der Waals surface area contributed by atoms with Gasteiger partial charge in [-0.05, 0) is 31.4 Å². The SMILES string of the molecule is Cc1ccc(/C=C(\C#N)C(=O)OCC(=O)N2CCCCCC2)cc1. The Labute approximate surface area is 142 Å². The van der Waals surface area contributed by atoms with Crippen molar-refractivity contribution in [2.45, 2.75) is 32.6 Å². The molecule has 126 valence electrons. The number of rotatable bonds is 4. The zero-order valence-corrected chi connectivity index (χ0v) is 14.0. The van der Waals surface area contributed by atoms with Crippen molar-refractivity contribution in [3.63, 3.8) is 0 Å². The van der Waals surface area contributed by atoms with Gasteiger partial charge in [-0.15, -0.1) is 0 Å². The molecular weight excluding hydrogens is 304 g/mol. The van der Waals surface area contributed by atoms with E-state index in [1.165, 1.54) is 6.08 Å². The molecule has 0 spiro atoms. The van der Waals surface area contributed by atoms with Gasteiger partial charge in [0, 0.05) is 13.1 Å². The molecule has 1 aromatic rings. The number of carbonyl (C=O) groups is 2. The van der Waals surface area contributed by atoms with E-state index in [4.69, 9.17) is 10.00 Å². The fraction of sp³-hybridized carbons (Fsp3) is 0.421. The summed E-state index contributed by atoms with van der Waals surface area (Å²) in [6, 6.07) is 9.28. The van der Waals surface area contributed by atoms with Crippen molar-refractivity contribution in [2.24, 2.45) is 0 Å². The molecule has 0 saturated carbocycles. The van der Waals surface area contributed by atoms with Crippen molar-refractivity contribution in [1.29, 1.82) is 5.26 Å². The zero-order valence-electron chi connectivity index (χ0n) is 14.0. The number of hydrogen-bond acceptors (Lipinski definition) is 4. The second-order valence-electron chi connectivity index (χ2n) is 5.95. The van der Waals surface area contributed by atoms with E-state index in [0.717, 1.165) is 36.8 Å². The summed E-state index contributed by atoms with van der Waals surface area (Å²) in [5.41, 5.74) is 1.73. The highest BCUT2D eigenvalue weighted by Gasteiger charge is 2.18. The average molecular weight is 326 g/mol. The van der Waals surface area contributed by atoms with Gasteiger partial charge in [0.15, 0.2) is 6.61 Å². The first-order valence-corrected chi connectivity index (χ1v) is 8.23. The summed E-state index contributed by atoms with van der Waals surface area (Å²) in [5, 5.41) is 9.15. The lowest BCUT2D eigenvalue weighted by atomic mass is 10.1. The first-order valence-electron chi connectivity index (χ1n) is 8.23. The van der Waals surface area contributed by atoms with E-state index in [9.17, 15) is 9.59 Å². The molecule has 0 bridgehead atoms. The normalized spacial score (nSPS) is 15.3. The molecule has 1 aliphatic rings. The molecule has 1 aromatic carbocycles. The monoisotopic (exact) mass is 326 g/mol. The van der Waals surface area contributed by atoms with Gasteiger partial charge in [-0.3, -0.25) is 4.79 Å². The van der Waals surface area contributed by atoms with E-state index in [1.54, 1.807) is 4.90 Å². The lowest BCUT2D eigenvalue weighted by molar-refractivity contribution is -0.148. The Morgan fingerprint density at radius 2 is 1.79 bits per heavy atom. The number of aryl methyl sites for hydroxylation is 1. The number of nitriles is 1. The smallest absolute Gasteiger partial charge is 0.349 e. The van der Waals surface area contributed by atoms with Crippen LogP contribution in [0, 0.1) is 18.3 Å². The summed E-state index contributed by atoms with van der Waals surface area (Å²) in [6.07, 6.45) is 5.69. The maximum Gasteiger partial charge on any atom is 0.349 e. The molecule has 1 fully saturated rings. The molecule has 5 nitrogen and oxygen atoms in total. The predicted molar refractivity (Wildman–Crippen MR) is 90.8 cm³/mol. The van der Waals surface area contributed by atoms with Gasteiger partial charge in [-0.2, -0.15) is 5.26 Å². The van der Waals surface area contributed by atoms with Crippen molar-refractivity contribution in [3.8, 4) is 6.07 Å². The number of carbonyl (C=O) groups excluding carboxylic acids is 2. The van der Waals surface area contributed by atoms with E-state index < -0.39 is 5.97 Å². The molecule has 5 heteroatoms. The molecular formula is C19H22N2O3. The van der Waals surface area contributed by atoms with E-state index in [1.807, 2.05) is 37.3 Å². The highest BCUT2D eigenvalue weighted by atomic mass is 16.5. The summed E-state index contributed by atoms with van der Waals surface area (Å²) >= 11 is 0. The number of esters is 1. The zero-order chi connectivity index (χ0) is 17.4. The largest absolute Gasteiger partial charge is 0.451 e. The molecule has 0 unspecified atom stereocenters. The lowest BCUT2D eigenvalue weighted by Crippen LogP contribution is -2.35. The molecule has 2 rings (SSSR count). The van der Waals surface area contributed by atoms with Crippen molar-refractivity contribution in [2.75, 3.05) is 19.7 Å². The van der Waals surface area contributed by atoms with Crippen LogP contribution in [0.1, 0.15) is 36.8 Å². The topological polar surface area (TPSA) is 70.4 Å². The Balaban J connectivity index is 1.93. The Bertz CT molecular complexity index is 648. The summed E-state index contributed by atoms with van der Waals surface area (Å²) in [4.78, 5) is 25.9. The van der Waals surface area contributed by atoms with Gasteiger partial charge in [-0.1, -0.05) is 42.7 Å². The minimum absolute atomic E-state index is 0.109. The standard InChI is InChI=1S/C19H22N2O3/c1-15-6-8-16(9-7-15)12-17(13-20)19(23)24-14-18(22)21-10-4-2-3-5-11-21/h6-9,12H,2-5,10-11,14H2,1H3/b17-12+. The number of nitrogens with zero attached hydrogens (tertiary/aromatic N) is 2.